The van der Waals surface area contributed by atoms with E-state index in [2.05, 4.69) is 15.6 Å². The quantitative estimate of drug-likeness (QED) is 0.546. The number of benzene rings is 2. The zero-order valence-electron chi connectivity index (χ0n) is 15.5. The van der Waals surface area contributed by atoms with E-state index in [0.717, 1.165) is 12.0 Å². The van der Waals surface area contributed by atoms with Crippen molar-refractivity contribution in [1.82, 2.24) is 10.3 Å². The second-order valence-corrected chi connectivity index (χ2v) is 6.58. The van der Waals surface area contributed by atoms with Crippen molar-refractivity contribution in [3.05, 3.63) is 77.0 Å². The van der Waals surface area contributed by atoms with Crippen LogP contribution in [0.15, 0.2) is 59.3 Å². The standard InChI is InChI=1S/C20H19ClN4O4/c1-28-15-8-2-12(3-9-15)10-16(18-17(19(22)26)23-11-29-18)25-20(27)24-14-6-4-13(21)5-7-14/h2-9,11,16H,10H2,1H3,(H2,22,26)(H2,24,25,27)/t16-/m0/s1. The lowest BCUT2D eigenvalue weighted by Gasteiger charge is -2.18. The van der Waals surface area contributed by atoms with Crippen LogP contribution in [-0.4, -0.2) is 24.0 Å². The molecule has 0 aliphatic heterocycles. The van der Waals surface area contributed by atoms with Gasteiger partial charge >= 0.3 is 6.03 Å². The number of halogens is 1. The second kappa shape index (κ2) is 9.11. The van der Waals surface area contributed by atoms with Crippen molar-refractivity contribution in [3.8, 4) is 5.75 Å². The second-order valence-electron chi connectivity index (χ2n) is 6.14. The maximum absolute atomic E-state index is 12.5. The summed E-state index contributed by atoms with van der Waals surface area (Å²) in [7, 11) is 1.58. The van der Waals surface area contributed by atoms with Gasteiger partial charge in [0.05, 0.1) is 13.2 Å². The normalized spacial score (nSPS) is 11.5. The van der Waals surface area contributed by atoms with Crippen LogP contribution in [0.3, 0.4) is 0 Å². The molecule has 0 aliphatic carbocycles. The van der Waals surface area contributed by atoms with Crippen LogP contribution < -0.4 is 21.1 Å². The number of aromatic nitrogens is 1. The lowest BCUT2D eigenvalue weighted by molar-refractivity contribution is 0.0993. The molecule has 1 aromatic heterocycles. The van der Waals surface area contributed by atoms with Crippen molar-refractivity contribution in [2.24, 2.45) is 5.73 Å². The Balaban J connectivity index is 1.81. The van der Waals surface area contributed by atoms with Gasteiger partial charge in [0.1, 0.15) is 5.75 Å². The molecule has 0 saturated carbocycles. The molecule has 150 valence electrons. The van der Waals surface area contributed by atoms with E-state index in [4.69, 9.17) is 26.5 Å². The molecule has 3 rings (SSSR count). The first-order valence-corrected chi connectivity index (χ1v) is 9.03. The van der Waals surface area contributed by atoms with Crippen molar-refractivity contribution in [2.75, 3.05) is 12.4 Å². The first-order valence-electron chi connectivity index (χ1n) is 8.65. The molecule has 1 atom stereocenters. The zero-order chi connectivity index (χ0) is 20.8. The van der Waals surface area contributed by atoms with Crippen LogP contribution in [0.2, 0.25) is 5.02 Å². The Bertz CT molecular complexity index is 986. The van der Waals surface area contributed by atoms with Crippen LogP contribution in [0.25, 0.3) is 0 Å². The number of rotatable bonds is 7. The Labute approximate surface area is 172 Å². The summed E-state index contributed by atoms with van der Waals surface area (Å²) in [6, 6.07) is 12.8. The Morgan fingerprint density at radius 2 is 1.86 bits per heavy atom. The van der Waals surface area contributed by atoms with E-state index >= 15 is 0 Å². The van der Waals surface area contributed by atoms with Gasteiger partial charge in [0.25, 0.3) is 5.91 Å². The summed E-state index contributed by atoms with van der Waals surface area (Å²) in [4.78, 5) is 28.1. The molecule has 1 heterocycles. The molecule has 0 bridgehead atoms. The van der Waals surface area contributed by atoms with Crippen LogP contribution in [0, 0.1) is 0 Å². The van der Waals surface area contributed by atoms with Crippen LogP contribution in [0.4, 0.5) is 10.5 Å². The van der Waals surface area contributed by atoms with Gasteiger partial charge in [-0.15, -0.1) is 0 Å². The molecule has 3 amide bonds. The minimum Gasteiger partial charge on any atom is -0.497 e. The fourth-order valence-electron chi connectivity index (χ4n) is 2.75. The smallest absolute Gasteiger partial charge is 0.319 e. The molecule has 0 radical (unpaired) electrons. The van der Waals surface area contributed by atoms with Crippen molar-refractivity contribution in [2.45, 2.75) is 12.5 Å². The van der Waals surface area contributed by atoms with Crippen LogP contribution in [-0.2, 0) is 6.42 Å². The summed E-state index contributed by atoms with van der Waals surface area (Å²) < 4.78 is 10.5. The highest BCUT2D eigenvalue weighted by molar-refractivity contribution is 6.30. The van der Waals surface area contributed by atoms with Crippen molar-refractivity contribution in [1.29, 1.82) is 0 Å². The fraction of sp³-hybridized carbons (Fsp3) is 0.150. The van der Waals surface area contributed by atoms with E-state index in [-0.39, 0.29) is 11.5 Å². The molecule has 2 aromatic carbocycles. The summed E-state index contributed by atoms with van der Waals surface area (Å²) >= 11 is 5.86. The van der Waals surface area contributed by atoms with Gasteiger partial charge in [-0.1, -0.05) is 23.7 Å². The van der Waals surface area contributed by atoms with E-state index in [9.17, 15) is 9.59 Å². The predicted molar refractivity (Wildman–Crippen MR) is 108 cm³/mol. The number of primary amides is 1. The number of urea groups is 1. The number of nitrogens with zero attached hydrogens (tertiary/aromatic N) is 1. The van der Waals surface area contributed by atoms with Gasteiger partial charge < -0.3 is 25.5 Å². The maximum Gasteiger partial charge on any atom is 0.319 e. The number of ether oxygens (including phenoxy) is 1. The van der Waals surface area contributed by atoms with E-state index in [1.165, 1.54) is 0 Å². The molecule has 0 saturated heterocycles. The minimum absolute atomic E-state index is 0.0321. The molecule has 0 fully saturated rings. The van der Waals surface area contributed by atoms with Crippen molar-refractivity contribution >= 4 is 29.2 Å². The highest BCUT2D eigenvalue weighted by Crippen LogP contribution is 2.23. The summed E-state index contributed by atoms with van der Waals surface area (Å²) in [6.45, 7) is 0. The monoisotopic (exact) mass is 414 g/mol. The molecular formula is C20H19ClN4O4. The van der Waals surface area contributed by atoms with E-state index < -0.39 is 18.0 Å². The lowest BCUT2D eigenvalue weighted by atomic mass is 10.0. The summed E-state index contributed by atoms with van der Waals surface area (Å²) in [5.74, 6) is 0.143. The number of methoxy groups -OCH3 is 1. The summed E-state index contributed by atoms with van der Waals surface area (Å²) in [5, 5.41) is 6.06. The Kier molecular flexibility index (Phi) is 6.36. The number of hydrogen-bond donors (Lipinski definition) is 3. The van der Waals surface area contributed by atoms with Crippen molar-refractivity contribution < 1.29 is 18.7 Å². The molecule has 0 spiro atoms. The maximum atomic E-state index is 12.5. The third-order valence-corrected chi connectivity index (χ3v) is 4.40. The Morgan fingerprint density at radius 1 is 1.17 bits per heavy atom. The van der Waals surface area contributed by atoms with Gasteiger partial charge in [0.2, 0.25) is 0 Å². The number of carbonyl (C=O) groups is 2. The topological polar surface area (TPSA) is 119 Å². The van der Waals surface area contributed by atoms with E-state index in [0.29, 0.717) is 22.9 Å². The number of carbonyl (C=O) groups excluding carboxylic acids is 2. The fourth-order valence-corrected chi connectivity index (χ4v) is 2.88. The number of amides is 3. The summed E-state index contributed by atoms with van der Waals surface area (Å²) in [5.41, 5.74) is 6.79. The molecule has 9 heteroatoms. The average Bonchev–Trinajstić information content (AvgIpc) is 3.20. The van der Waals surface area contributed by atoms with Crippen molar-refractivity contribution in [3.63, 3.8) is 0 Å². The van der Waals surface area contributed by atoms with Crippen LogP contribution in [0.5, 0.6) is 5.75 Å². The summed E-state index contributed by atoms with van der Waals surface area (Å²) in [6.07, 6.45) is 1.46. The molecule has 4 N–H and O–H groups in total. The highest BCUT2D eigenvalue weighted by atomic mass is 35.5. The first-order chi connectivity index (χ1) is 14.0. The van der Waals surface area contributed by atoms with Gasteiger partial charge in [-0.05, 0) is 42.0 Å². The predicted octanol–water partition coefficient (Wildman–Crippen LogP) is 3.54. The molecular weight excluding hydrogens is 396 g/mol. The van der Waals surface area contributed by atoms with Gasteiger partial charge in [0, 0.05) is 17.1 Å². The molecule has 3 aromatic rings. The third-order valence-electron chi connectivity index (χ3n) is 4.15. The molecule has 0 unspecified atom stereocenters. The van der Waals surface area contributed by atoms with Gasteiger partial charge in [0.15, 0.2) is 17.8 Å². The lowest BCUT2D eigenvalue weighted by Crippen LogP contribution is -2.34. The first kappa shape index (κ1) is 20.2. The van der Waals surface area contributed by atoms with Gasteiger partial charge in [-0.2, -0.15) is 0 Å². The average molecular weight is 415 g/mol. The van der Waals surface area contributed by atoms with Crippen LogP contribution in [0.1, 0.15) is 27.9 Å². The third kappa shape index (κ3) is 5.26. The van der Waals surface area contributed by atoms with E-state index in [1.54, 1.807) is 43.5 Å². The van der Waals surface area contributed by atoms with Crippen LogP contribution >= 0.6 is 11.6 Å². The number of nitrogens with two attached hydrogens (primary N) is 1. The molecule has 29 heavy (non-hydrogen) atoms. The molecule has 0 aliphatic rings. The Morgan fingerprint density at radius 3 is 2.48 bits per heavy atom. The number of nitrogens with one attached hydrogen (secondary N) is 2. The van der Waals surface area contributed by atoms with Gasteiger partial charge in [-0.25, -0.2) is 9.78 Å². The number of anilines is 1. The Hall–Kier alpha value is -3.52. The van der Waals surface area contributed by atoms with Gasteiger partial charge in [-0.3, -0.25) is 4.79 Å². The zero-order valence-corrected chi connectivity index (χ0v) is 16.3. The highest BCUT2D eigenvalue weighted by Gasteiger charge is 2.25. The number of hydrogen-bond acceptors (Lipinski definition) is 5. The minimum atomic E-state index is -0.742. The molecule has 8 nitrogen and oxygen atoms in total. The largest absolute Gasteiger partial charge is 0.497 e. The van der Waals surface area contributed by atoms with E-state index in [1.807, 2.05) is 12.1 Å². The number of oxazole rings is 1. The SMILES string of the molecule is COc1ccc(C[C@H](NC(=O)Nc2ccc(Cl)cc2)c2ocnc2C(N)=O)cc1.